The zero-order valence-corrected chi connectivity index (χ0v) is 8.88. The molecule has 0 atom stereocenters. The van der Waals surface area contributed by atoms with Crippen LogP contribution in [0.3, 0.4) is 0 Å². The van der Waals surface area contributed by atoms with Crippen molar-refractivity contribution in [2.75, 3.05) is 7.11 Å². The lowest BCUT2D eigenvalue weighted by molar-refractivity contribution is -0.131. The van der Waals surface area contributed by atoms with Crippen LogP contribution in [0.2, 0.25) is 0 Å². The third kappa shape index (κ3) is 2.25. The number of ether oxygens (including phenoxy) is 2. The fraction of sp³-hybridized carbons (Fsp3) is 0.364. The normalized spacial score (nSPS) is 9.71. The Balaban J connectivity index is 3.09. The molecule has 1 rings (SSSR count). The predicted molar refractivity (Wildman–Crippen MR) is 53.8 cm³/mol. The van der Waals surface area contributed by atoms with Gasteiger partial charge in [0.15, 0.2) is 0 Å². The summed E-state index contributed by atoms with van der Waals surface area (Å²) in [6, 6.07) is 3.53. The minimum Gasteiger partial charge on any atom is -0.496 e. The third-order valence-corrected chi connectivity index (χ3v) is 2.07. The maximum absolute atomic E-state index is 10.7. The van der Waals surface area contributed by atoms with E-state index in [9.17, 15) is 4.79 Å². The molecule has 0 radical (unpaired) electrons. The van der Waals surface area contributed by atoms with Crippen molar-refractivity contribution in [3.8, 4) is 11.5 Å². The lowest BCUT2D eigenvalue weighted by Crippen LogP contribution is -2.02. The van der Waals surface area contributed by atoms with E-state index in [-0.39, 0.29) is 5.97 Å². The van der Waals surface area contributed by atoms with E-state index >= 15 is 0 Å². The molecule has 0 heterocycles. The number of rotatable bonds is 2. The molecule has 1 aromatic carbocycles. The first-order valence-electron chi connectivity index (χ1n) is 4.38. The molecule has 0 aliphatic rings. The highest BCUT2D eigenvalue weighted by atomic mass is 16.5. The number of aryl methyl sites for hydroxylation is 1. The zero-order valence-electron chi connectivity index (χ0n) is 8.88. The monoisotopic (exact) mass is 194 g/mol. The van der Waals surface area contributed by atoms with Gasteiger partial charge in [-0.1, -0.05) is 0 Å². The molecule has 0 aromatic heterocycles. The van der Waals surface area contributed by atoms with Crippen molar-refractivity contribution in [2.24, 2.45) is 0 Å². The van der Waals surface area contributed by atoms with Gasteiger partial charge in [-0.3, -0.25) is 4.79 Å². The minimum atomic E-state index is -0.324. The van der Waals surface area contributed by atoms with Crippen molar-refractivity contribution in [3.63, 3.8) is 0 Å². The van der Waals surface area contributed by atoms with Crippen LogP contribution < -0.4 is 9.47 Å². The van der Waals surface area contributed by atoms with Gasteiger partial charge in [-0.05, 0) is 31.0 Å². The van der Waals surface area contributed by atoms with E-state index in [1.807, 2.05) is 19.9 Å². The van der Waals surface area contributed by atoms with Gasteiger partial charge in [-0.2, -0.15) is 0 Å². The summed E-state index contributed by atoms with van der Waals surface area (Å²) in [6.45, 7) is 5.29. The van der Waals surface area contributed by atoms with Crippen molar-refractivity contribution < 1.29 is 14.3 Å². The van der Waals surface area contributed by atoms with Crippen molar-refractivity contribution in [3.05, 3.63) is 23.3 Å². The fourth-order valence-corrected chi connectivity index (χ4v) is 1.23. The van der Waals surface area contributed by atoms with Gasteiger partial charge < -0.3 is 9.47 Å². The Kier molecular flexibility index (Phi) is 3.12. The first kappa shape index (κ1) is 10.6. The molecule has 0 unspecified atom stereocenters. The van der Waals surface area contributed by atoms with E-state index in [0.29, 0.717) is 5.75 Å². The standard InChI is InChI=1S/C11H14O3/c1-7-5-10(14-9(3)12)6-11(13-4)8(7)2/h5-6H,1-4H3. The van der Waals surface area contributed by atoms with Crippen LogP contribution in [-0.4, -0.2) is 13.1 Å². The molecule has 0 N–H and O–H groups in total. The van der Waals surface area contributed by atoms with E-state index in [0.717, 1.165) is 16.9 Å². The highest BCUT2D eigenvalue weighted by Gasteiger charge is 2.06. The van der Waals surface area contributed by atoms with Crippen molar-refractivity contribution in [1.29, 1.82) is 0 Å². The molecule has 0 bridgehead atoms. The maximum atomic E-state index is 10.7. The topological polar surface area (TPSA) is 35.5 Å². The van der Waals surface area contributed by atoms with E-state index in [4.69, 9.17) is 9.47 Å². The van der Waals surface area contributed by atoms with Crippen LogP contribution in [0.1, 0.15) is 18.1 Å². The Hall–Kier alpha value is -1.51. The molecule has 0 amide bonds. The summed E-state index contributed by atoms with van der Waals surface area (Å²) >= 11 is 0. The molecular formula is C11H14O3. The largest absolute Gasteiger partial charge is 0.496 e. The van der Waals surface area contributed by atoms with E-state index < -0.39 is 0 Å². The highest BCUT2D eigenvalue weighted by molar-refractivity contribution is 5.69. The summed E-state index contributed by atoms with van der Waals surface area (Å²) in [7, 11) is 1.60. The first-order valence-corrected chi connectivity index (χ1v) is 4.38. The molecule has 14 heavy (non-hydrogen) atoms. The number of hydrogen-bond donors (Lipinski definition) is 0. The molecule has 0 saturated carbocycles. The Morgan fingerprint density at radius 2 is 1.93 bits per heavy atom. The average molecular weight is 194 g/mol. The predicted octanol–water partition coefficient (Wildman–Crippen LogP) is 2.24. The number of carbonyl (C=O) groups is 1. The number of benzene rings is 1. The van der Waals surface area contributed by atoms with E-state index in [1.165, 1.54) is 6.92 Å². The van der Waals surface area contributed by atoms with Crippen LogP contribution in [-0.2, 0) is 4.79 Å². The van der Waals surface area contributed by atoms with Crippen LogP contribution in [0.15, 0.2) is 12.1 Å². The van der Waals surface area contributed by atoms with Gasteiger partial charge in [0.05, 0.1) is 7.11 Å². The summed E-state index contributed by atoms with van der Waals surface area (Å²) in [5.41, 5.74) is 2.10. The molecule has 0 spiro atoms. The molecule has 3 nitrogen and oxygen atoms in total. The summed E-state index contributed by atoms with van der Waals surface area (Å²) in [5, 5.41) is 0. The Morgan fingerprint density at radius 1 is 1.29 bits per heavy atom. The second-order valence-electron chi connectivity index (χ2n) is 3.16. The summed E-state index contributed by atoms with van der Waals surface area (Å²) in [6.07, 6.45) is 0. The Bertz CT molecular complexity index is 356. The summed E-state index contributed by atoms with van der Waals surface area (Å²) in [5.74, 6) is 0.939. The number of methoxy groups -OCH3 is 1. The van der Waals surface area contributed by atoms with Crippen LogP contribution in [0.5, 0.6) is 11.5 Å². The molecular weight excluding hydrogens is 180 g/mol. The van der Waals surface area contributed by atoms with Crippen molar-refractivity contribution in [2.45, 2.75) is 20.8 Å². The lowest BCUT2D eigenvalue weighted by Gasteiger charge is -2.10. The van der Waals surface area contributed by atoms with Crippen molar-refractivity contribution >= 4 is 5.97 Å². The minimum absolute atomic E-state index is 0.324. The smallest absolute Gasteiger partial charge is 0.308 e. The van der Waals surface area contributed by atoms with Gasteiger partial charge in [-0.15, -0.1) is 0 Å². The summed E-state index contributed by atoms with van der Waals surface area (Å²) < 4.78 is 10.1. The molecule has 0 fully saturated rings. The molecule has 1 aromatic rings. The quantitative estimate of drug-likeness (QED) is 0.535. The summed E-state index contributed by atoms with van der Waals surface area (Å²) in [4.78, 5) is 10.7. The number of hydrogen-bond acceptors (Lipinski definition) is 3. The number of esters is 1. The second-order valence-corrected chi connectivity index (χ2v) is 3.16. The maximum Gasteiger partial charge on any atom is 0.308 e. The van der Waals surface area contributed by atoms with E-state index in [2.05, 4.69) is 0 Å². The van der Waals surface area contributed by atoms with Crippen LogP contribution in [0, 0.1) is 13.8 Å². The van der Waals surface area contributed by atoms with E-state index in [1.54, 1.807) is 13.2 Å². The first-order chi connectivity index (χ1) is 6.54. The molecule has 76 valence electrons. The SMILES string of the molecule is COc1cc(OC(C)=O)cc(C)c1C. The van der Waals surface area contributed by atoms with Gasteiger partial charge in [0.2, 0.25) is 0 Å². The van der Waals surface area contributed by atoms with Gasteiger partial charge in [0.25, 0.3) is 0 Å². The molecule has 0 saturated heterocycles. The van der Waals surface area contributed by atoms with Gasteiger partial charge in [0.1, 0.15) is 11.5 Å². The van der Waals surface area contributed by atoms with Gasteiger partial charge in [-0.25, -0.2) is 0 Å². The lowest BCUT2D eigenvalue weighted by atomic mass is 10.1. The van der Waals surface area contributed by atoms with Crippen LogP contribution in [0.4, 0.5) is 0 Å². The average Bonchev–Trinajstić information content (AvgIpc) is 2.10. The molecule has 0 aliphatic carbocycles. The Labute approximate surface area is 83.6 Å². The zero-order chi connectivity index (χ0) is 10.7. The van der Waals surface area contributed by atoms with Crippen LogP contribution in [0.25, 0.3) is 0 Å². The van der Waals surface area contributed by atoms with Crippen molar-refractivity contribution in [1.82, 2.24) is 0 Å². The highest BCUT2D eigenvalue weighted by Crippen LogP contribution is 2.27. The second kappa shape index (κ2) is 4.13. The van der Waals surface area contributed by atoms with Crippen LogP contribution >= 0.6 is 0 Å². The number of carbonyl (C=O) groups excluding carboxylic acids is 1. The molecule has 0 aliphatic heterocycles. The Morgan fingerprint density at radius 3 is 2.43 bits per heavy atom. The molecule has 3 heteroatoms. The van der Waals surface area contributed by atoms with Gasteiger partial charge in [0, 0.05) is 13.0 Å². The third-order valence-electron chi connectivity index (χ3n) is 2.07. The van der Waals surface area contributed by atoms with Gasteiger partial charge >= 0.3 is 5.97 Å². The fourth-order valence-electron chi connectivity index (χ4n) is 1.23.